The largest absolute Gasteiger partial charge is 0.495 e. The van der Waals surface area contributed by atoms with Gasteiger partial charge >= 0.3 is 11.8 Å². The normalized spacial score (nSPS) is 21.0. The standard InChI is InChI=1S/C19H28N2O3/c1-19(2,3)13-9-11-14(12-10-13)20-17(22)18(23)21-15-7-5-6-8-16(15)24-4/h5-8,13-14H,9-12H2,1-4H3,(H,20,22)(H,21,23). The van der Waals surface area contributed by atoms with Crippen LogP contribution in [0.1, 0.15) is 46.5 Å². The number of rotatable bonds is 3. The molecular formula is C19H28N2O3. The van der Waals surface area contributed by atoms with Crippen molar-refractivity contribution < 1.29 is 14.3 Å². The van der Waals surface area contributed by atoms with E-state index in [4.69, 9.17) is 4.74 Å². The molecule has 2 rings (SSSR count). The first-order chi connectivity index (χ1) is 11.3. The first-order valence-corrected chi connectivity index (χ1v) is 8.56. The van der Waals surface area contributed by atoms with Gasteiger partial charge in [-0.2, -0.15) is 0 Å². The summed E-state index contributed by atoms with van der Waals surface area (Å²) >= 11 is 0. The van der Waals surface area contributed by atoms with Gasteiger partial charge in [-0.3, -0.25) is 9.59 Å². The van der Waals surface area contributed by atoms with Gasteiger partial charge in [0.25, 0.3) is 0 Å². The number of anilines is 1. The van der Waals surface area contributed by atoms with Gasteiger partial charge in [0.05, 0.1) is 12.8 Å². The van der Waals surface area contributed by atoms with Gasteiger partial charge in [0.15, 0.2) is 0 Å². The summed E-state index contributed by atoms with van der Waals surface area (Å²) in [5.41, 5.74) is 0.799. The average molecular weight is 332 g/mol. The molecule has 1 aliphatic rings. The molecule has 0 spiro atoms. The molecule has 0 atom stereocenters. The summed E-state index contributed by atoms with van der Waals surface area (Å²) in [6.07, 6.45) is 4.02. The first-order valence-electron chi connectivity index (χ1n) is 8.56. The number of para-hydroxylation sites is 2. The Labute approximate surface area is 144 Å². The first kappa shape index (κ1) is 18.3. The molecule has 1 fully saturated rings. The van der Waals surface area contributed by atoms with E-state index in [0.29, 0.717) is 22.8 Å². The molecular weight excluding hydrogens is 304 g/mol. The van der Waals surface area contributed by atoms with Gasteiger partial charge in [-0.05, 0) is 49.1 Å². The van der Waals surface area contributed by atoms with E-state index in [9.17, 15) is 9.59 Å². The van der Waals surface area contributed by atoms with Crippen LogP contribution in [-0.4, -0.2) is 25.0 Å². The molecule has 0 heterocycles. The van der Waals surface area contributed by atoms with Crippen molar-refractivity contribution in [2.45, 2.75) is 52.5 Å². The third kappa shape index (κ3) is 4.73. The van der Waals surface area contributed by atoms with Crippen LogP contribution in [0.25, 0.3) is 0 Å². The van der Waals surface area contributed by atoms with Crippen LogP contribution in [0.3, 0.4) is 0 Å². The highest BCUT2D eigenvalue weighted by molar-refractivity contribution is 6.39. The molecule has 1 saturated carbocycles. The van der Waals surface area contributed by atoms with Gasteiger partial charge < -0.3 is 15.4 Å². The van der Waals surface area contributed by atoms with Crippen molar-refractivity contribution in [3.8, 4) is 5.75 Å². The van der Waals surface area contributed by atoms with Crippen LogP contribution in [0, 0.1) is 11.3 Å². The highest BCUT2D eigenvalue weighted by Crippen LogP contribution is 2.37. The molecule has 1 aromatic carbocycles. The lowest BCUT2D eigenvalue weighted by atomic mass is 9.71. The van der Waals surface area contributed by atoms with Crippen LogP contribution in [0.4, 0.5) is 5.69 Å². The summed E-state index contributed by atoms with van der Waals surface area (Å²) in [5, 5.41) is 5.46. The Bertz CT molecular complexity index is 585. The molecule has 2 amide bonds. The molecule has 0 aromatic heterocycles. The number of amides is 2. The maximum Gasteiger partial charge on any atom is 0.313 e. The van der Waals surface area contributed by atoms with Crippen molar-refractivity contribution in [2.75, 3.05) is 12.4 Å². The minimum absolute atomic E-state index is 0.0829. The van der Waals surface area contributed by atoms with Crippen molar-refractivity contribution in [3.63, 3.8) is 0 Å². The fourth-order valence-electron chi connectivity index (χ4n) is 3.28. The summed E-state index contributed by atoms with van der Waals surface area (Å²) in [4.78, 5) is 24.2. The lowest BCUT2D eigenvalue weighted by molar-refractivity contribution is -0.136. The lowest BCUT2D eigenvalue weighted by Gasteiger charge is -2.37. The molecule has 132 valence electrons. The van der Waals surface area contributed by atoms with E-state index in [-0.39, 0.29) is 6.04 Å². The van der Waals surface area contributed by atoms with Crippen molar-refractivity contribution in [3.05, 3.63) is 24.3 Å². The number of carbonyl (C=O) groups excluding carboxylic acids is 2. The summed E-state index contributed by atoms with van der Waals surface area (Å²) in [7, 11) is 1.53. The highest BCUT2D eigenvalue weighted by atomic mass is 16.5. The van der Waals surface area contributed by atoms with E-state index in [1.807, 2.05) is 6.07 Å². The number of ether oxygens (including phenoxy) is 1. The minimum Gasteiger partial charge on any atom is -0.495 e. The zero-order chi connectivity index (χ0) is 17.7. The van der Waals surface area contributed by atoms with Crippen molar-refractivity contribution >= 4 is 17.5 Å². The quantitative estimate of drug-likeness (QED) is 0.834. The third-order valence-electron chi connectivity index (χ3n) is 4.85. The summed E-state index contributed by atoms with van der Waals surface area (Å²) in [5.74, 6) is -0.0325. The van der Waals surface area contributed by atoms with Gasteiger partial charge in [0.2, 0.25) is 0 Å². The van der Waals surface area contributed by atoms with Gasteiger partial charge in [0, 0.05) is 6.04 Å². The Morgan fingerprint density at radius 3 is 2.25 bits per heavy atom. The second kappa shape index (κ2) is 7.69. The molecule has 1 aliphatic carbocycles. The predicted molar refractivity (Wildman–Crippen MR) is 95.0 cm³/mol. The summed E-state index contributed by atoms with van der Waals surface area (Å²) in [6, 6.07) is 7.12. The molecule has 0 bridgehead atoms. The number of methoxy groups -OCH3 is 1. The smallest absolute Gasteiger partial charge is 0.313 e. The Morgan fingerprint density at radius 1 is 1.04 bits per heavy atom. The van der Waals surface area contributed by atoms with E-state index in [1.165, 1.54) is 7.11 Å². The van der Waals surface area contributed by atoms with Crippen LogP contribution >= 0.6 is 0 Å². The molecule has 0 saturated heterocycles. The van der Waals surface area contributed by atoms with E-state index in [0.717, 1.165) is 25.7 Å². The van der Waals surface area contributed by atoms with Crippen molar-refractivity contribution in [2.24, 2.45) is 11.3 Å². The number of carbonyl (C=O) groups is 2. The SMILES string of the molecule is COc1ccccc1NC(=O)C(=O)NC1CCC(C(C)(C)C)CC1. The monoisotopic (exact) mass is 332 g/mol. The van der Waals surface area contributed by atoms with Crippen molar-refractivity contribution in [1.29, 1.82) is 0 Å². The average Bonchev–Trinajstić information content (AvgIpc) is 2.55. The summed E-state index contributed by atoms with van der Waals surface area (Å²) in [6.45, 7) is 6.78. The Hall–Kier alpha value is -2.04. The van der Waals surface area contributed by atoms with E-state index >= 15 is 0 Å². The highest BCUT2D eigenvalue weighted by Gasteiger charge is 2.31. The maximum atomic E-state index is 12.1. The molecule has 24 heavy (non-hydrogen) atoms. The van der Waals surface area contributed by atoms with E-state index in [2.05, 4.69) is 31.4 Å². The van der Waals surface area contributed by atoms with Crippen LogP contribution in [0.5, 0.6) is 5.75 Å². The zero-order valence-corrected chi connectivity index (χ0v) is 15.0. The van der Waals surface area contributed by atoms with Gasteiger partial charge in [-0.1, -0.05) is 32.9 Å². The van der Waals surface area contributed by atoms with Gasteiger partial charge in [-0.25, -0.2) is 0 Å². The Balaban J connectivity index is 1.86. The molecule has 0 unspecified atom stereocenters. The fourth-order valence-corrected chi connectivity index (χ4v) is 3.28. The second-order valence-electron chi connectivity index (χ2n) is 7.54. The van der Waals surface area contributed by atoms with E-state index in [1.54, 1.807) is 18.2 Å². The van der Waals surface area contributed by atoms with Crippen LogP contribution < -0.4 is 15.4 Å². The number of hydrogen-bond acceptors (Lipinski definition) is 3. The maximum absolute atomic E-state index is 12.1. The van der Waals surface area contributed by atoms with Crippen LogP contribution in [0.2, 0.25) is 0 Å². The fraction of sp³-hybridized carbons (Fsp3) is 0.579. The number of benzene rings is 1. The Kier molecular flexibility index (Phi) is 5.86. The molecule has 0 radical (unpaired) electrons. The molecule has 0 aliphatic heterocycles. The minimum atomic E-state index is -0.655. The lowest BCUT2D eigenvalue weighted by Crippen LogP contribution is -2.44. The van der Waals surface area contributed by atoms with Crippen LogP contribution in [0.15, 0.2) is 24.3 Å². The zero-order valence-electron chi connectivity index (χ0n) is 15.0. The van der Waals surface area contributed by atoms with Gasteiger partial charge in [-0.15, -0.1) is 0 Å². The van der Waals surface area contributed by atoms with E-state index < -0.39 is 11.8 Å². The number of hydrogen-bond donors (Lipinski definition) is 2. The summed E-state index contributed by atoms with van der Waals surface area (Å²) < 4.78 is 5.17. The third-order valence-corrected chi connectivity index (χ3v) is 4.85. The van der Waals surface area contributed by atoms with Crippen LogP contribution in [-0.2, 0) is 9.59 Å². The van der Waals surface area contributed by atoms with Gasteiger partial charge in [0.1, 0.15) is 5.75 Å². The molecule has 5 heteroatoms. The van der Waals surface area contributed by atoms with Crippen molar-refractivity contribution in [1.82, 2.24) is 5.32 Å². The molecule has 2 N–H and O–H groups in total. The molecule has 5 nitrogen and oxygen atoms in total. The topological polar surface area (TPSA) is 67.4 Å². The predicted octanol–water partition coefficient (Wildman–Crippen LogP) is 3.35. The number of nitrogens with one attached hydrogen (secondary N) is 2. The Morgan fingerprint density at radius 2 is 1.67 bits per heavy atom. The second-order valence-corrected chi connectivity index (χ2v) is 7.54. The molecule has 1 aromatic rings.